The second-order valence-corrected chi connectivity index (χ2v) is 7.89. The second kappa shape index (κ2) is 10.5. The summed E-state index contributed by atoms with van der Waals surface area (Å²) in [7, 11) is 1.31. The van der Waals surface area contributed by atoms with Crippen LogP contribution in [0, 0.1) is 0 Å². The van der Waals surface area contributed by atoms with Crippen LogP contribution in [0.15, 0.2) is 42.5 Å². The highest BCUT2D eigenvalue weighted by Gasteiger charge is 2.23. The van der Waals surface area contributed by atoms with Crippen molar-refractivity contribution >= 4 is 23.6 Å². The van der Waals surface area contributed by atoms with E-state index in [1.807, 2.05) is 24.3 Å². The smallest absolute Gasteiger partial charge is 0.406 e. The summed E-state index contributed by atoms with van der Waals surface area (Å²) in [6, 6.07) is 13.2. The van der Waals surface area contributed by atoms with Crippen LogP contribution in [0.4, 0.5) is 4.79 Å². The molecule has 0 aromatic heterocycles. The third-order valence-electron chi connectivity index (χ3n) is 5.38. The van der Waals surface area contributed by atoms with E-state index in [9.17, 15) is 9.59 Å². The molecular formula is C23H27ClN2O4. The minimum Gasteiger partial charge on any atom is -0.453 e. The topological polar surface area (TPSA) is 90.7 Å². The Kier molecular flexibility index (Phi) is 7.71. The number of rotatable bonds is 8. The maximum Gasteiger partial charge on any atom is 0.406 e. The first-order valence-corrected chi connectivity index (χ1v) is 10.5. The van der Waals surface area contributed by atoms with Gasteiger partial charge in [-0.3, -0.25) is 4.79 Å². The molecule has 3 N–H and O–H groups in total. The van der Waals surface area contributed by atoms with Crippen molar-refractivity contribution in [2.75, 3.05) is 20.3 Å². The van der Waals surface area contributed by atoms with Crippen molar-refractivity contribution in [2.24, 2.45) is 5.73 Å². The number of benzene rings is 2. The number of primary amides is 1. The molecule has 0 heterocycles. The highest BCUT2D eigenvalue weighted by molar-refractivity contribution is 6.30. The van der Waals surface area contributed by atoms with Crippen LogP contribution < -0.4 is 11.1 Å². The van der Waals surface area contributed by atoms with Crippen LogP contribution in [0.5, 0.6) is 0 Å². The molecule has 2 aromatic rings. The number of amides is 2. The molecule has 1 atom stereocenters. The van der Waals surface area contributed by atoms with Gasteiger partial charge in [-0.05, 0) is 59.7 Å². The molecule has 0 spiro atoms. The Hall–Kier alpha value is -2.57. The van der Waals surface area contributed by atoms with E-state index >= 15 is 0 Å². The molecule has 30 heavy (non-hydrogen) atoms. The number of hydrogen-bond acceptors (Lipinski definition) is 4. The van der Waals surface area contributed by atoms with E-state index in [-0.39, 0.29) is 13.2 Å². The second-order valence-electron chi connectivity index (χ2n) is 7.46. The van der Waals surface area contributed by atoms with Crippen molar-refractivity contribution in [1.82, 2.24) is 5.32 Å². The summed E-state index contributed by atoms with van der Waals surface area (Å²) in [5.41, 5.74) is 8.91. The fourth-order valence-electron chi connectivity index (χ4n) is 3.92. The van der Waals surface area contributed by atoms with E-state index in [1.165, 1.54) is 20.0 Å². The van der Waals surface area contributed by atoms with Crippen molar-refractivity contribution in [2.45, 2.75) is 37.7 Å². The number of methoxy groups -OCH3 is 1. The molecule has 0 saturated heterocycles. The summed E-state index contributed by atoms with van der Waals surface area (Å²) in [5, 5.41) is 3.19. The number of hydrogen-bond donors (Lipinski definition) is 2. The first-order valence-electron chi connectivity index (χ1n) is 10.1. The number of alkyl carbamates (subject to hydrolysis) is 1. The van der Waals surface area contributed by atoms with Crippen LogP contribution in [0.3, 0.4) is 0 Å². The molecule has 1 aliphatic rings. The van der Waals surface area contributed by atoms with Crippen molar-refractivity contribution in [3.63, 3.8) is 0 Å². The largest absolute Gasteiger partial charge is 0.453 e. The highest BCUT2D eigenvalue weighted by atomic mass is 35.5. The lowest BCUT2D eigenvalue weighted by Gasteiger charge is -2.22. The van der Waals surface area contributed by atoms with Crippen molar-refractivity contribution in [1.29, 1.82) is 0 Å². The van der Waals surface area contributed by atoms with E-state index in [2.05, 4.69) is 16.1 Å². The molecule has 2 aromatic carbocycles. The maximum atomic E-state index is 12.0. The molecule has 6 nitrogen and oxygen atoms in total. The third-order valence-corrected chi connectivity index (χ3v) is 5.62. The van der Waals surface area contributed by atoms with Gasteiger partial charge in [-0.15, -0.1) is 0 Å². The van der Waals surface area contributed by atoms with Gasteiger partial charge >= 0.3 is 6.09 Å². The third kappa shape index (κ3) is 5.74. The van der Waals surface area contributed by atoms with Crippen LogP contribution in [0.2, 0.25) is 5.02 Å². The number of ether oxygens (including phenoxy) is 2. The van der Waals surface area contributed by atoms with Gasteiger partial charge in [0.1, 0.15) is 6.10 Å². The Labute approximate surface area is 181 Å². The average Bonchev–Trinajstić information content (AvgIpc) is 3.28. The molecule has 1 saturated carbocycles. The predicted molar refractivity (Wildman–Crippen MR) is 116 cm³/mol. The molecular weight excluding hydrogens is 404 g/mol. The van der Waals surface area contributed by atoms with Crippen LogP contribution in [0.1, 0.15) is 64.8 Å². The lowest BCUT2D eigenvalue weighted by molar-refractivity contribution is 0.0804. The highest BCUT2D eigenvalue weighted by Crippen LogP contribution is 2.37. The Balaban J connectivity index is 1.92. The fourth-order valence-corrected chi connectivity index (χ4v) is 4.12. The van der Waals surface area contributed by atoms with E-state index in [4.69, 9.17) is 22.1 Å². The van der Waals surface area contributed by atoms with Crippen LogP contribution >= 0.6 is 11.6 Å². The normalized spacial score (nSPS) is 15.0. The Bertz CT molecular complexity index is 897. The minimum atomic E-state index is -0.517. The Morgan fingerprint density at radius 3 is 2.60 bits per heavy atom. The average molecular weight is 431 g/mol. The lowest BCUT2D eigenvalue weighted by atomic mass is 9.90. The molecule has 7 heteroatoms. The maximum absolute atomic E-state index is 12.0. The van der Waals surface area contributed by atoms with Crippen LogP contribution in [-0.2, 0) is 9.47 Å². The molecule has 0 radical (unpaired) electrons. The van der Waals surface area contributed by atoms with Gasteiger partial charge in [0, 0.05) is 17.1 Å². The van der Waals surface area contributed by atoms with Crippen molar-refractivity contribution in [3.8, 4) is 0 Å². The summed E-state index contributed by atoms with van der Waals surface area (Å²) >= 11 is 6.21. The van der Waals surface area contributed by atoms with E-state index < -0.39 is 18.1 Å². The zero-order chi connectivity index (χ0) is 21.5. The number of nitrogens with one attached hydrogen (secondary N) is 1. The predicted octanol–water partition coefficient (Wildman–Crippen LogP) is 4.56. The monoisotopic (exact) mass is 430 g/mol. The Morgan fingerprint density at radius 2 is 1.93 bits per heavy atom. The van der Waals surface area contributed by atoms with Gasteiger partial charge in [0.05, 0.1) is 13.7 Å². The van der Waals surface area contributed by atoms with Gasteiger partial charge in [0.2, 0.25) is 5.91 Å². The SMILES string of the molecule is COC(=O)NCCOC(c1cccc(Cl)c1)c1cc(C(N)=O)cc(C2CCCC2)c1. The van der Waals surface area contributed by atoms with E-state index in [1.54, 1.807) is 12.1 Å². The minimum absolute atomic E-state index is 0.256. The van der Waals surface area contributed by atoms with Gasteiger partial charge < -0.3 is 20.5 Å². The fraction of sp³-hybridized carbons (Fsp3) is 0.391. The summed E-state index contributed by atoms with van der Waals surface area (Å²) in [6.45, 7) is 0.542. The number of halogens is 1. The summed E-state index contributed by atoms with van der Waals surface area (Å²) in [4.78, 5) is 23.3. The van der Waals surface area contributed by atoms with Crippen LogP contribution in [-0.4, -0.2) is 32.3 Å². The molecule has 3 rings (SSSR count). The molecule has 1 aliphatic carbocycles. The van der Waals surface area contributed by atoms with E-state index in [0.717, 1.165) is 29.5 Å². The molecule has 0 aliphatic heterocycles. The Morgan fingerprint density at radius 1 is 1.17 bits per heavy atom. The molecule has 1 unspecified atom stereocenters. The van der Waals surface area contributed by atoms with Gasteiger partial charge in [0.25, 0.3) is 0 Å². The number of carbonyl (C=O) groups is 2. The summed E-state index contributed by atoms with van der Waals surface area (Å²) in [5.74, 6) is -0.0441. The van der Waals surface area contributed by atoms with Gasteiger partial charge in [0.15, 0.2) is 0 Å². The van der Waals surface area contributed by atoms with Crippen molar-refractivity contribution in [3.05, 3.63) is 69.7 Å². The number of carbonyl (C=O) groups excluding carboxylic acids is 2. The zero-order valence-corrected chi connectivity index (χ0v) is 17.8. The summed E-state index contributed by atoms with van der Waals surface area (Å²) in [6.07, 6.45) is 3.61. The number of nitrogens with two attached hydrogens (primary N) is 1. The molecule has 160 valence electrons. The first-order chi connectivity index (χ1) is 14.5. The zero-order valence-electron chi connectivity index (χ0n) is 17.0. The quantitative estimate of drug-likeness (QED) is 0.600. The van der Waals surface area contributed by atoms with Gasteiger partial charge in [-0.25, -0.2) is 4.79 Å². The first kappa shape index (κ1) is 22.1. The molecule has 2 amide bonds. The van der Waals surface area contributed by atoms with Crippen molar-refractivity contribution < 1.29 is 19.1 Å². The van der Waals surface area contributed by atoms with E-state index in [0.29, 0.717) is 16.5 Å². The standard InChI is InChI=1S/C23H27ClN2O4/c1-29-23(28)26-9-10-30-21(16-7-4-8-20(24)14-16)18-11-17(15-5-2-3-6-15)12-19(13-18)22(25)27/h4,7-8,11-15,21H,2-3,5-6,9-10H2,1H3,(H2,25,27)(H,26,28). The summed E-state index contributed by atoms with van der Waals surface area (Å²) < 4.78 is 10.7. The van der Waals surface area contributed by atoms with Gasteiger partial charge in [-0.1, -0.05) is 42.6 Å². The molecule has 0 bridgehead atoms. The molecule has 1 fully saturated rings. The van der Waals surface area contributed by atoms with Crippen LogP contribution in [0.25, 0.3) is 0 Å². The lowest BCUT2D eigenvalue weighted by Crippen LogP contribution is -2.27. The van der Waals surface area contributed by atoms with Gasteiger partial charge in [-0.2, -0.15) is 0 Å².